The van der Waals surface area contributed by atoms with Crippen LogP contribution < -0.4 is 5.32 Å². The van der Waals surface area contributed by atoms with Crippen LogP contribution in [0.3, 0.4) is 0 Å². The van der Waals surface area contributed by atoms with E-state index in [0.29, 0.717) is 5.02 Å². The molecule has 3 nitrogen and oxygen atoms in total. The molecule has 2 rings (SSSR count). The van der Waals surface area contributed by atoms with Gasteiger partial charge in [0.2, 0.25) is 0 Å². The second kappa shape index (κ2) is 4.80. The number of hydrogen-bond acceptors (Lipinski definition) is 4. The largest absolute Gasteiger partial charge is 0.365 e. The second-order valence-corrected chi connectivity index (χ2v) is 5.18. The highest BCUT2D eigenvalue weighted by atomic mass is 35.5. The lowest BCUT2D eigenvalue weighted by molar-refractivity contribution is 1.09. The van der Waals surface area contributed by atoms with Crippen LogP contribution in [0.5, 0.6) is 0 Å². The zero-order valence-corrected chi connectivity index (χ0v) is 10.7. The van der Waals surface area contributed by atoms with Crippen LogP contribution in [0.4, 0.5) is 5.82 Å². The van der Waals surface area contributed by atoms with Crippen molar-refractivity contribution >= 4 is 28.8 Å². The number of halogens is 1. The topological polar surface area (TPSA) is 37.8 Å². The van der Waals surface area contributed by atoms with Crippen LogP contribution in [0.15, 0.2) is 18.3 Å². The van der Waals surface area contributed by atoms with E-state index in [1.165, 1.54) is 4.88 Å². The first-order chi connectivity index (χ1) is 7.65. The summed E-state index contributed by atoms with van der Waals surface area (Å²) in [5.74, 6) is 0.829. The molecule has 0 unspecified atom stereocenters. The first kappa shape index (κ1) is 11.4. The number of aryl methyl sites for hydroxylation is 2. The standard InChI is InChI=1S/C11H12ClN3S/c1-7-10(16-8(2)15-7)6-14-11-4-3-9(12)5-13-11/h3-5H,6H2,1-2H3,(H,13,14). The number of nitrogens with one attached hydrogen (secondary N) is 1. The van der Waals surface area contributed by atoms with E-state index in [1.807, 2.05) is 26.0 Å². The Labute approximate surface area is 104 Å². The highest BCUT2D eigenvalue weighted by molar-refractivity contribution is 7.11. The summed E-state index contributed by atoms with van der Waals surface area (Å²) in [5.41, 5.74) is 1.09. The van der Waals surface area contributed by atoms with Crippen molar-refractivity contribution in [2.24, 2.45) is 0 Å². The van der Waals surface area contributed by atoms with Crippen molar-refractivity contribution in [3.05, 3.63) is 38.9 Å². The molecule has 1 N–H and O–H groups in total. The van der Waals surface area contributed by atoms with Gasteiger partial charge in [-0.05, 0) is 26.0 Å². The molecule has 2 aromatic heterocycles. The molecule has 84 valence electrons. The van der Waals surface area contributed by atoms with Gasteiger partial charge in [-0.2, -0.15) is 0 Å². The molecule has 0 saturated heterocycles. The smallest absolute Gasteiger partial charge is 0.126 e. The van der Waals surface area contributed by atoms with Crippen LogP contribution in [0.25, 0.3) is 0 Å². The predicted octanol–water partition coefficient (Wildman–Crippen LogP) is 3.42. The Morgan fingerprint density at radius 1 is 1.38 bits per heavy atom. The monoisotopic (exact) mass is 253 g/mol. The number of rotatable bonds is 3. The average molecular weight is 254 g/mol. The third-order valence-corrected chi connectivity index (χ3v) is 3.45. The molecule has 0 spiro atoms. The molecule has 2 aromatic rings. The van der Waals surface area contributed by atoms with Crippen molar-refractivity contribution in [3.63, 3.8) is 0 Å². The van der Waals surface area contributed by atoms with Gasteiger partial charge >= 0.3 is 0 Å². The Kier molecular flexibility index (Phi) is 3.41. The molecule has 0 fully saturated rings. The summed E-state index contributed by atoms with van der Waals surface area (Å²) in [4.78, 5) is 9.79. The van der Waals surface area contributed by atoms with Gasteiger partial charge in [0.05, 0.1) is 22.3 Å². The summed E-state index contributed by atoms with van der Waals surface area (Å²) in [7, 11) is 0. The lowest BCUT2D eigenvalue weighted by atomic mass is 10.4. The van der Waals surface area contributed by atoms with Crippen LogP contribution in [0.2, 0.25) is 5.02 Å². The minimum atomic E-state index is 0.648. The third-order valence-electron chi connectivity index (χ3n) is 2.16. The van der Waals surface area contributed by atoms with Crippen molar-refractivity contribution in [2.75, 3.05) is 5.32 Å². The van der Waals surface area contributed by atoms with E-state index in [9.17, 15) is 0 Å². The normalized spacial score (nSPS) is 10.4. The van der Waals surface area contributed by atoms with Crippen molar-refractivity contribution in [1.82, 2.24) is 9.97 Å². The molecule has 0 aliphatic rings. The Bertz CT molecular complexity index is 478. The van der Waals surface area contributed by atoms with Crippen molar-refractivity contribution in [2.45, 2.75) is 20.4 Å². The molecule has 5 heteroatoms. The number of thiazole rings is 1. The Hall–Kier alpha value is -1.13. The number of pyridine rings is 1. The predicted molar refractivity (Wildman–Crippen MR) is 68.2 cm³/mol. The van der Waals surface area contributed by atoms with Gasteiger partial charge in [-0.1, -0.05) is 11.6 Å². The van der Waals surface area contributed by atoms with E-state index in [2.05, 4.69) is 15.3 Å². The Morgan fingerprint density at radius 2 is 2.19 bits per heavy atom. The fraction of sp³-hybridized carbons (Fsp3) is 0.273. The van der Waals surface area contributed by atoms with Crippen LogP contribution in [-0.4, -0.2) is 9.97 Å². The van der Waals surface area contributed by atoms with E-state index in [1.54, 1.807) is 17.5 Å². The molecule has 0 bridgehead atoms. The maximum atomic E-state index is 5.76. The van der Waals surface area contributed by atoms with Gasteiger partial charge < -0.3 is 5.32 Å². The first-order valence-electron chi connectivity index (χ1n) is 4.93. The quantitative estimate of drug-likeness (QED) is 0.911. The molecular weight excluding hydrogens is 242 g/mol. The molecule has 0 atom stereocenters. The van der Waals surface area contributed by atoms with E-state index in [-0.39, 0.29) is 0 Å². The van der Waals surface area contributed by atoms with E-state index < -0.39 is 0 Å². The van der Waals surface area contributed by atoms with Gasteiger partial charge in [-0.25, -0.2) is 9.97 Å². The molecule has 0 aliphatic heterocycles. The second-order valence-electron chi connectivity index (χ2n) is 3.46. The zero-order valence-electron chi connectivity index (χ0n) is 9.12. The average Bonchev–Trinajstić information content (AvgIpc) is 2.57. The fourth-order valence-electron chi connectivity index (χ4n) is 1.39. The lowest BCUT2D eigenvalue weighted by Gasteiger charge is -2.03. The summed E-state index contributed by atoms with van der Waals surface area (Å²) in [5, 5.41) is 4.99. The third kappa shape index (κ3) is 2.71. The van der Waals surface area contributed by atoms with E-state index in [0.717, 1.165) is 23.1 Å². The fourth-order valence-corrected chi connectivity index (χ4v) is 2.38. The van der Waals surface area contributed by atoms with Gasteiger partial charge in [0.25, 0.3) is 0 Å². The molecule has 0 saturated carbocycles. The van der Waals surface area contributed by atoms with Crippen molar-refractivity contribution in [3.8, 4) is 0 Å². The maximum absolute atomic E-state index is 5.76. The summed E-state index contributed by atoms with van der Waals surface area (Å²) >= 11 is 7.47. The highest BCUT2D eigenvalue weighted by Gasteiger charge is 2.04. The minimum absolute atomic E-state index is 0.648. The van der Waals surface area contributed by atoms with E-state index in [4.69, 9.17) is 11.6 Å². The molecular formula is C11H12ClN3S. The first-order valence-corrected chi connectivity index (χ1v) is 6.13. The van der Waals surface area contributed by atoms with Crippen LogP contribution >= 0.6 is 22.9 Å². The van der Waals surface area contributed by atoms with Gasteiger partial charge in [-0.3, -0.25) is 0 Å². The molecule has 0 amide bonds. The molecule has 0 radical (unpaired) electrons. The van der Waals surface area contributed by atoms with Gasteiger partial charge in [-0.15, -0.1) is 11.3 Å². The van der Waals surface area contributed by atoms with Gasteiger partial charge in [0.15, 0.2) is 0 Å². The SMILES string of the molecule is Cc1nc(C)c(CNc2ccc(Cl)cn2)s1. The van der Waals surface area contributed by atoms with E-state index >= 15 is 0 Å². The van der Waals surface area contributed by atoms with Crippen LogP contribution in [-0.2, 0) is 6.54 Å². The Balaban J connectivity index is 2.02. The molecule has 0 aromatic carbocycles. The number of hydrogen-bond donors (Lipinski definition) is 1. The molecule has 16 heavy (non-hydrogen) atoms. The van der Waals surface area contributed by atoms with Gasteiger partial charge in [0, 0.05) is 11.1 Å². The van der Waals surface area contributed by atoms with Gasteiger partial charge in [0.1, 0.15) is 5.82 Å². The maximum Gasteiger partial charge on any atom is 0.126 e. The minimum Gasteiger partial charge on any atom is -0.365 e. The summed E-state index contributed by atoms with van der Waals surface area (Å²) in [6.07, 6.45) is 1.63. The van der Waals surface area contributed by atoms with Crippen molar-refractivity contribution < 1.29 is 0 Å². The number of anilines is 1. The summed E-state index contributed by atoms with van der Waals surface area (Å²) in [6, 6.07) is 3.69. The Morgan fingerprint density at radius 3 is 2.75 bits per heavy atom. The number of nitrogens with zero attached hydrogens (tertiary/aromatic N) is 2. The number of aromatic nitrogens is 2. The highest BCUT2D eigenvalue weighted by Crippen LogP contribution is 2.18. The molecule has 2 heterocycles. The molecule has 0 aliphatic carbocycles. The van der Waals surface area contributed by atoms with Crippen LogP contribution in [0.1, 0.15) is 15.6 Å². The summed E-state index contributed by atoms with van der Waals surface area (Å²) in [6.45, 7) is 4.80. The zero-order chi connectivity index (χ0) is 11.5. The summed E-state index contributed by atoms with van der Waals surface area (Å²) < 4.78 is 0. The van der Waals surface area contributed by atoms with Crippen LogP contribution in [0, 0.1) is 13.8 Å². The lowest BCUT2D eigenvalue weighted by Crippen LogP contribution is -2.00. The van der Waals surface area contributed by atoms with Crippen molar-refractivity contribution in [1.29, 1.82) is 0 Å².